The summed E-state index contributed by atoms with van der Waals surface area (Å²) in [6.45, 7) is 2.66. The van der Waals surface area contributed by atoms with Crippen LogP contribution in [0.1, 0.15) is 34.3 Å². The molecule has 0 unspecified atom stereocenters. The fraction of sp³-hybridized carbons (Fsp3) is 0.294. The minimum Gasteiger partial charge on any atom is -0.331 e. The Kier molecular flexibility index (Phi) is 3.50. The molecule has 0 aliphatic heterocycles. The summed E-state index contributed by atoms with van der Waals surface area (Å²) in [4.78, 5) is 18.8. The van der Waals surface area contributed by atoms with Crippen LogP contribution in [-0.4, -0.2) is 21.8 Å². The van der Waals surface area contributed by atoms with Crippen LogP contribution in [-0.2, 0) is 6.54 Å². The van der Waals surface area contributed by atoms with Gasteiger partial charge in [0.15, 0.2) is 0 Å². The summed E-state index contributed by atoms with van der Waals surface area (Å²) in [5.41, 5.74) is 2.99. The third-order valence-electron chi connectivity index (χ3n) is 3.73. The predicted octanol–water partition coefficient (Wildman–Crippen LogP) is 3.19. The number of aromatic nitrogens is 1. The molecule has 0 bridgehead atoms. The zero-order valence-corrected chi connectivity index (χ0v) is 11.6. The molecule has 0 atom stereocenters. The van der Waals surface area contributed by atoms with E-state index in [1.54, 1.807) is 12.4 Å². The molecule has 1 saturated carbocycles. The molecule has 1 aliphatic rings. The summed E-state index contributed by atoms with van der Waals surface area (Å²) in [5, 5.41) is 0. The molecule has 3 heteroatoms. The van der Waals surface area contributed by atoms with E-state index in [9.17, 15) is 4.79 Å². The van der Waals surface area contributed by atoms with Gasteiger partial charge in [0.05, 0.1) is 0 Å². The van der Waals surface area contributed by atoms with Gasteiger partial charge in [0.2, 0.25) is 0 Å². The van der Waals surface area contributed by atoms with Crippen LogP contribution < -0.4 is 0 Å². The van der Waals surface area contributed by atoms with Crippen LogP contribution in [0.25, 0.3) is 0 Å². The molecule has 2 aromatic rings. The lowest BCUT2D eigenvalue weighted by atomic mass is 10.1. The fourth-order valence-corrected chi connectivity index (χ4v) is 2.41. The summed E-state index contributed by atoms with van der Waals surface area (Å²) in [5.74, 6) is 0.141. The number of carbonyl (C=O) groups is 1. The molecule has 0 N–H and O–H groups in total. The van der Waals surface area contributed by atoms with Crippen molar-refractivity contribution in [2.24, 2.45) is 0 Å². The van der Waals surface area contributed by atoms with Crippen molar-refractivity contribution in [3.63, 3.8) is 0 Å². The van der Waals surface area contributed by atoms with Gasteiger partial charge in [0.1, 0.15) is 0 Å². The lowest BCUT2D eigenvalue weighted by Gasteiger charge is -2.23. The zero-order valence-electron chi connectivity index (χ0n) is 11.6. The van der Waals surface area contributed by atoms with Crippen molar-refractivity contribution in [3.05, 3.63) is 65.5 Å². The van der Waals surface area contributed by atoms with Gasteiger partial charge in [-0.05, 0) is 49.1 Å². The monoisotopic (exact) mass is 266 g/mol. The number of aryl methyl sites for hydroxylation is 1. The van der Waals surface area contributed by atoms with Crippen molar-refractivity contribution >= 4 is 5.91 Å². The Balaban J connectivity index is 1.84. The molecule has 1 heterocycles. The van der Waals surface area contributed by atoms with Gasteiger partial charge < -0.3 is 4.90 Å². The summed E-state index contributed by atoms with van der Waals surface area (Å²) < 4.78 is 0. The highest BCUT2D eigenvalue weighted by molar-refractivity contribution is 5.96. The molecule has 20 heavy (non-hydrogen) atoms. The van der Waals surface area contributed by atoms with E-state index in [4.69, 9.17) is 0 Å². The second-order valence-corrected chi connectivity index (χ2v) is 5.33. The fourth-order valence-electron chi connectivity index (χ4n) is 2.41. The van der Waals surface area contributed by atoms with Crippen LogP contribution in [0.5, 0.6) is 0 Å². The average Bonchev–Trinajstić information content (AvgIpc) is 3.30. The largest absolute Gasteiger partial charge is 0.331 e. The Labute approximate surface area is 119 Å². The topological polar surface area (TPSA) is 33.2 Å². The highest BCUT2D eigenvalue weighted by atomic mass is 16.2. The van der Waals surface area contributed by atoms with Crippen LogP contribution >= 0.6 is 0 Å². The predicted molar refractivity (Wildman–Crippen MR) is 78.3 cm³/mol. The molecule has 1 aliphatic carbocycles. The SMILES string of the molecule is Cc1ccccc1C(=O)N(Cc1ccncc1)C1CC1. The van der Waals surface area contributed by atoms with Crippen molar-refractivity contribution in [2.45, 2.75) is 32.4 Å². The Morgan fingerprint density at radius 2 is 1.90 bits per heavy atom. The van der Waals surface area contributed by atoms with Crippen LogP contribution in [0, 0.1) is 6.92 Å². The Hall–Kier alpha value is -2.16. The molecule has 3 rings (SSSR count). The number of hydrogen-bond donors (Lipinski definition) is 0. The van der Waals surface area contributed by atoms with E-state index in [1.165, 1.54) is 0 Å². The molecule has 3 nitrogen and oxygen atoms in total. The first-order valence-corrected chi connectivity index (χ1v) is 7.01. The lowest BCUT2D eigenvalue weighted by Crippen LogP contribution is -2.33. The molecule has 1 aromatic heterocycles. The van der Waals surface area contributed by atoms with Gasteiger partial charge in [0.25, 0.3) is 5.91 Å². The van der Waals surface area contributed by atoms with Gasteiger partial charge in [0, 0.05) is 30.5 Å². The molecule has 102 valence electrons. The number of pyridine rings is 1. The van der Waals surface area contributed by atoms with E-state index < -0.39 is 0 Å². The Bertz CT molecular complexity index is 605. The second kappa shape index (κ2) is 5.45. The molecular weight excluding hydrogens is 248 g/mol. The van der Waals surface area contributed by atoms with Gasteiger partial charge in [-0.25, -0.2) is 0 Å². The number of hydrogen-bond acceptors (Lipinski definition) is 2. The standard InChI is InChI=1S/C17H18N2O/c1-13-4-2-3-5-16(13)17(20)19(15-6-7-15)12-14-8-10-18-11-9-14/h2-5,8-11,15H,6-7,12H2,1H3. The maximum absolute atomic E-state index is 12.8. The molecule has 1 fully saturated rings. The van der Waals surface area contributed by atoms with E-state index in [0.717, 1.165) is 29.5 Å². The first kappa shape index (κ1) is 12.9. The number of nitrogens with zero attached hydrogens (tertiary/aromatic N) is 2. The quantitative estimate of drug-likeness (QED) is 0.851. The van der Waals surface area contributed by atoms with E-state index in [0.29, 0.717) is 12.6 Å². The van der Waals surface area contributed by atoms with Gasteiger partial charge in [-0.3, -0.25) is 9.78 Å². The van der Waals surface area contributed by atoms with Crippen LogP contribution in [0.3, 0.4) is 0 Å². The molecule has 0 saturated heterocycles. The maximum atomic E-state index is 12.8. The van der Waals surface area contributed by atoms with Crippen LogP contribution in [0.4, 0.5) is 0 Å². The van der Waals surface area contributed by atoms with Crippen molar-refractivity contribution in [3.8, 4) is 0 Å². The first-order valence-electron chi connectivity index (χ1n) is 7.01. The second-order valence-electron chi connectivity index (χ2n) is 5.33. The number of amides is 1. The number of benzene rings is 1. The van der Waals surface area contributed by atoms with E-state index in [-0.39, 0.29) is 5.91 Å². The number of rotatable bonds is 4. The first-order chi connectivity index (χ1) is 9.75. The normalized spacial score (nSPS) is 14.1. The van der Waals surface area contributed by atoms with Crippen LogP contribution in [0.15, 0.2) is 48.8 Å². The van der Waals surface area contributed by atoms with Gasteiger partial charge in [-0.15, -0.1) is 0 Å². The smallest absolute Gasteiger partial charge is 0.254 e. The zero-order chi connectivity index (χ0) is 13.9. The highest BCUT2D eigenvalue weighted by Gasteiger charge is 2.33. The van der Waals surface area contributed by atoms with E-state index in [1.807, 2.05) is 48.2 Å². The van der Waals surface area contributed by atoms with Gasteiger partial charge >= 0.3 is 0 Å². The third kappa shape index (κ3) is 2.72. The van der Waals surface area contributed by atoms with Crippen molar-refractivity contribution in [1.82, 2.24) is 9.88 Å². The molecule has 0 spiro atoms. The summed E-state index contributed by atoms with van der Waals surface area (Å²) in [7, 11) is 0. The highest BCUT2D eigenvalue weighted by Crippen LogP contribution is 2.30. The molecular formula is C17H18N2O. The Morgan fingerprint density at radius 3 is 2.55 bits per heavy atom. The number of carbonyl (C=O) groups excluding carboxylic acids is 1. The van der Waals surface area contributed by atoms with Gasteiger partial charge in [-0.2, -0.15) is 0 Å². The van der Waals surface area contributed by atoms with Crippen molar-refractivity contribution in [1.29, 1.82) is 0 Å². The summed E-state index contributed by atoms with van der Waals surface area (Å²) >= 11 is 0. The van der Waals surface area contributed by atoms with Crippen LogP contribution in [0.2, 0.25) is 0 Å². The lowest BCUT2D eigenvalue weighted by molar-refractivity contribution is 0.0729. The van der Waals surface area contributed by atoms with E-state index in [2.05, 4.69) is 4.98 Å². The van der Waals surface area contributed by atoms with Gasteiger partial charge in [-0.1, -0.05) is 18.2 Å². The summed E-state index contributed by atoms with van der Waals surface area (Å²) in [6, 6.07) is 12.1. The van der Waals surface area contributed by atoms with Crippen molar-refractivity contribution < 1.29 is 4.79 Å². The van der Waals surface area contributed by atoms with E-state index >= 15 is 0 Å². The minimum absolute atomic E-state index is 0.141. The maximum Gasteiger partial charge on any atom is 0.254 e. The molecule has 0 radical (unpaired) electrons. The average molecular weight is 266 g/mol. The molecule has 1 amide bonds. The van der Waals surface area contributed by atoms with Crippen molar-refractivity contribution in [2.75, 3.05) is 0 Å². The molecule has 1 aromatic carbocycles. The summed E-state index contributed by atoms with van der Waals surface area (Å²) in [6.07, 6.45) is 5.78. The Morgan fingerprint density at radius 1 is 1.20 bits per heavy atom. The minimum atomic E-state index is 0.141. The third-order valence-corrected chi connectivity index (χ3v) is 3.73.